The number of ether oxygens (including phenoxy) is 1. The predicted molar refractivity (Wildman–Crippen MR) is 69.7 cm³/mol. The van der Waals surface area contributed by atoms with Gasteiger partial charge in [-0.1, -0.05) is 6.42 Å². The summed E-state index contributed by atoms with van der Waals surface area (Å²) in [6.45, 7) is 2.72. The van der Waals surface area contributed by atoms with E-state index in [1.165, 1.54) is 6.42 Å². The highest BCUT2D eigenvalue weighted by Crippen LogP contribution is 2.58. The Morgan fingerprint density at radius 3 is 2.53 bits per heavy atom. The molecule has 0 saturated heterocycles. The SMILES string of the molecule is CCOC1CC(N(C)C(=O)CCC(=O)O)C12CCC2. The third-order valence-corrected chi connectivity index (χ3v) is 4.81. The van der Waals surface area contributed by atoms with Crippen molar-refractivity contribution < 1.29 is 19.4 Å². The Morgan fingerprint density at radius 1 is 1.37 bits per heavy atom. The van der Waals surface area contributed by atoms with Gasteiger partial charge in [0.15, 0.2) is 0 Å². The molecule has 0 radical (unpaired) electrons. The first kappa shape index (κ1) is 14.3. The fourth-order valence-corrected chi connectivity index (χ4v) is 3.51. The highest BCUT2D eigenvalue weighted by molar-refractivity contribution is 5.81. The lowest BCUT2D eigenvalue weighted by Gasteiger charge is -2.63. The van der Waals surface area contributed by atoms with E-state index in [0.717, 1.165) is 25.9 Å². The van der Waals surface area contributed by atoms with Crippen molar-refractivity contribution in [1.82, 2.24) is 4.90 Å². The molecule has 5 nitrogen and oxygen atoms in total. The fraction of sp³-hybridized carbons (Fsp3) is 0.857. The molecule has 2 unspecified atom stereocenters. The molecule has 2 saturated carbocycles. The van der Waals surface area contributed by atoms with Crippen molar-refractivity contribution in [1.29, 1.82) is 0 Å². The van der Waals surface area contributed by atoms with Gasteiger partial charge >= 0.3 is 5.97 Å². The standard InChI is InChI=1S/C14H23NO4/c1-3-19-11-9-10(14(11)7-4-8-14)15(2)12(16)5-6-13(17)18/h10-11H,3-9H2,1-2H3,(H,17,18). The lowest BCUT2D eigenvalue weighted by atomic mass is 9.50. The molecule has 2 fully saturated rings. The maximum atomic E-state index is 12.0. The Kier molecular flexibility index (Phi) is 4.13. The zero-order chi connectivity index (χ0) is 14.0. The molecule has 0 aliphatic heterocycles. The van der Waals surface area contributed by atoms with Crippen LogP contribution >= 0.6 is 0 Å². The topological polar surface area (TPSA) is 66.8 Å². The first-order chi connectivity index (χ1) is 9.01. The van der Waals surface area contributed by atoms with Crippen molar-refractivity contribution in [3.05, 3.63) is 0 Å². The Morgan fingerprint density at radius 2 is 2.05 bits per heavy atom. The quantitative estimate of drug-likeness (QED) is 0.796. The summed E-state index contributed by atoms with van der Waals surface area (Å²) in [7, 11) is 1.80. The number of hydrogen-bond donors (Lipinski definition) is 1. The van der Waals surface area contributed by atoms with Crippen molar-refractivity contribution >= 4 is 11.9 Å². The molecular weight excluding hydrogens is 246 g/mol. The molecule has 0 heterocycles. The average Bonchev–Trinajstić information content (AvgIpc) is 2.28. The maximum Gasteiger partial charge on any atom is 0.303 e. The normalized spacial score (nSPS) is 27.5. The molecule has 2 atom stereocenters. The van der Waals surface area contributed by atoms with Gasteiger partial charge in [-0.3, -0.25) is 9.59 Å². The molecule has 5 heteroatoms. The summed E-state index contributed by atoms with van der Waals surface area (Å²) in [5.41, 5.74) is 0.156. The lowest BCUT2D eigenvalue weighted by molar-refractivity contribution is -0.202. The minimum Gasteiger partial charge on any atom is -0.481 e. The van der Waals surface area contributed by atoms with Crippen LogP contribution in [0.1, 0.15) is 45.4 Å². The average molecular weight is 269 g/mol. The number of carbonyl (C=O) groups excluding carboxylic acids is 1. The van der Waals surface area contributed by atoms with Gasteiger partial charge < -0.3 is 14.7 Å². The van der Waals surface area contributed by atoms with E-state index in [1.807, 2.05) is 6.92 Å². The zero-order valence-corrected chi connectivity index (χ0v) is 11.7. The van der Waals surface area contributed by atoms with Crippen LogP contribution in [-0.2, 0) is 14.3 Å². The molecule has 2 aliphatic rings. The Labute approximate surface area is 113 Å². The largest absolute Gasteiger partial charge is 0.481 e. The number of aliphatic carboxylic acids is 1. The minimum atomic E-state index is -0.916. The molecule has 0 bridgehead atoms. The monoisotopic (exact) mass is 269 g/mol. The number of hydrogen-bond acceptors (Lipinski definition) is 3. The van der Waals surface area contributed by atoms with Crippen LogP contribution in [0.5, 0.6) is 0 Å². The Balaban J connectivity index is 1.91. The number of carboxylic acids is 1. The molecular formula is C14H23NO4. The molecule has 108 valence electrons. The molecule has 1 spiro atoms. The minimum absolute atomic E-state index is 0.0615. The molecule has 1 amide bonds. The Bertz CT molecular complexity index is 364. The van der Waals surface area contributed by atoms with Crippen molar-refractivity contribution in [2.75, 3.05) is 13.7 Å². The smallest absolute Gasteiger partial charge is 0.303 e. The maximum absolute atomic E-state index is 12.0. The number of carbonyl (C=O) groups is 2. The van der Waals surface area contributed by atoms with Crippen LogP contribution < -0.4 is 0 Å². The lowest BCUT2D eigenvalue weighted by Crippen LogP contribution is -2.67. The van der Waals surface area contributed by atoms with Crippen molar-refractivity contribution in [2.24, 2.45) is 5.41 Å². The second-order valence-electron chi connectivity index (χ2n) is 5.68. The van der Waals surface area contributed by atoms with E-state index in [0.29, 0.717) is 0 Å². The molecule has 0 aromatic carbocycles. The van der Waals surface area contributed by atoms with Crippen LogP contribution in [0.3, 0.4) is 0 Å². The number of rotatable bonds is 6. The van der Waals surface area contributed by atoms with E-state index in [2.05, 4.69) is 0 Å². The number of carboxylic acid groups (broad SMARTS) is 1. The first-order valence-electron chi connectivity index (χ1n) is 7.10. The fourth-order valence-electron chi connectivity index (χ4n) is 3.51. The predicted octanol–water partition coefficient (Wildman–Crippen LogP) is 1.66. The first-order valence-corrected chi connectivity index (χ1v) is 7.10. The van der Waals surface area contributed by atoms with Gasteiger partial charge in [0, 0.05) is 31.5 Å². The van der Waals surface area contributed by atoms with Crippen molar-refractivity contribution in [3.8, 4) is 0 Å². The number of nitrogens with zero attached hydrogens (tertiary/aromatic N) is 1. The van der Waals surface area contributed by atoms with Gasteiger partial charge in [-0.05, 0) is 26.2 Å². The van der Waals surface area contributed by atoms with Gasteiger partial charge in [0.2, 0.25) is 5.91 Å². The van der Waals surface area contributed by atoms with Crippen molar-refractivity contribution in [2.45, 2.75) is 57.6 Å². The van der Waals surface area contributed by atoms with E-state index < -0.39 is 5.97 Å². The van der Waals surface area contributed by atoms with Crippen LogP contribution in [0.4, 0.5) is 0 Å². The third-order valence-electron chi connectivity index (χ3n) is 4.81. The van der Waals surface area contributed by atoms with Gasteiger partial charge in [-0.2, -0.15) is 0 Å². The van der Waals surface area contributed by atoms with Gasteiger partial charge in [0.25, 0.3) is 0 Å². The Hall–Kier alpha value is -1.10. The summed E-state index contributed by atoms with van der Waals surface area (Å²) in [5.74, 6) is -0.977. The second kappa shape index (κ2) is 5.49. The summed E-state index contributed by atoms with van der Waals surface area (Å²) in [5, 5.41) is 8.64. The van der Waals surface area contributed by atoms with E-state index in [4.69, 9.17) is 9.84 Å². The van der Waals surface area contributed by atoms with Gasteiger partial charge in [-0.15, -0.1) is 0 Å². The summed E-state index contributed by atoms with van der Waals surface area (Å²) in [4.78, 5) is 24.3. The van der Waals surface area contributed by atoms with Crippen LogP contribution in [-0.4, -0.2) is 47.7 Å². The highest BCUT2D eigenvalue weighted by Gasteiger charge is 2.60. The van der Waals surface area contributed by atoms with E-state index in [1.54, 1.807) is 11.9 Å². The molecule has 2 aliphatic carbocycles. The van der Waals surface area contributed by atoms with Crippen molar-refractivity contribution in [3.63, 3.8) is 0 Å². The summed E-state index contributed by atoms with van der Waals surface area (Å²) < 4.78 is 5.76. The number of amides is 1. The summed E-state index contributed by atoms with van der Waals surface area (Å²) in [6, 6.07) is 0.235. The highest BCUT2D eigenvalue weighted by atomic mass is 16.5. The van der Waals surface area contributed by atoms with Gasteiger partial charge in [0.05, 0.1) is 12.5 Å². The molecule has 0 aromatic rings. The summed E-state index contributed by atoms with van der Waals surface area (Å²) in [6.07, 6.45) is 4.64. The van der Waals surface area contributed by atoms with E-state index >= 15 is 0 Å². The zero-order valence-electron chi connectivity index (χ0n) is 11.7. The van der Waals surface area contributed by atoms with Crippen LogP contribution in [0.2, 0.25) is 0 Å². The molecule has 0 aromatic heterocycles. The van der Waals surface area contributed by atoms with E-state index in [-0.39, 0.29) is 36.3 Å². The van der Waals surface area contributed by atoms with E-state index in [9.17, 15) is 9.59 Å². The summed E-state index contributed by atoms with van der Waals surface area (Å²) >= 11 is 0. The molecule has 19 heavy (non-hydrogen) atoms. The van der Waals surface area contributed by atoms with Gasteiger partial charge in [0.1, 0.15) is 0 Å². The van der Waals surface area contributed by atoms with Crippen LogP contribution in [0.25, 0.3) is 0 Å². The van der Waals surface area contributed by atoms with Crippen LogP contribution in [0, 0.1) is 5.41 Å². The van der Waals surface area contributed by atoms with Gasteiger partial charge in [-0.25, -0.2) is 0 Å². The van der Waals surface area contributed by atoms with Crippen LogP contribution in [0.15, 0.2) is 0 Å². The molecule has 1 N–H and O–H groups in total. The second-order valence-corrected chi connectivity index (χ2v) is 5.68. The third kappa shape index (κ3) is 2.48. The molecule has 2 rings (SSSR count).